The number of aryl methyl sites for hydroxylation is 3. The molecule has 3 N–H and O–H groups in total. The van der Waals surface area contributed by atoms with E-state index in [0.29, 0.717) is 6.04 Å². The van der Waals surface area contributed by atoms with E-state index in [1.165, 1.54) is 11.6 Å². The first-order chi connectivity index (χ1) is 14.6. The predicted octanol–water partition coefficient (Wildman–Crippen LogP) is 3.73. The van der Waals surface area contributed by atoms with Crippen molar-refractivity contribution in [1.82, 2.24) is 20.3 Å². The third-order valence-corrected chi connectivity index (χ3v) is 4.98. The van der Waals surface area contributed by atoms with Crippen LogP contribution in [0.15, 0.2) is 54.6 Å². The minimum Gasteiger partial charge on any atom is -0.328 e. The van der Waals surface area contributed by atoms with Gasteiger partial charge in [-0.25, -0.2) is 10.5 Å². The number of nitrogens with zero attached hydrogens (tertiary/aromatic N) is 2. The van der Waals surface area contributed by atoms with E-state index in [4.69, 9.17) is 10.2 Å². The summed E-state index contributed by atoms with van der Waals surface area (Å²) >= 11 is 0. The zero-order valence-corrected chi connectivity index (χ0v) is 17.6. The molecule has 1 heterocycles. The Kier molecular flexibility index (Phi) is 7.76. The quantitative estimate of drug-likeness (QED) is 0.207. The molecule has 0 unspecified atom stereocenters. The molecular formula is C24H30N4O2. The van der Waals surface area contributed by atoms with Crippen molar-refractivity contribution in [2.75, 3.05) is 6.54 Å². The normalized spacial score (nSPS) is 11.6. The van der Waals surface area contributed by atoms with Crippen LogP contribution in [0.4, 0.5) is 0 Å². The summed E-state index contributed by atoms with van der Waals surface area (Å²) in [6.07, 6.45) is 5.80. The fourth-order valence-electron chi connectivity index (χ4n) is 3.48. The first-order valence-corrected chi connectivity index (χ1v) is 10.5. The molecule has 0 spiro atoms. The van der Waals surface area contributed by atoms with Crippen LogP contribution in [0.3, 0.4) is 0 Å². The van der Waals surface area contributed by atoms with Gasteiger partial charge in [-0.2, -0.15) is 0 Å². The van der Waals surface area contributed by atoms with Gasteiger partial charge in [-0.3, -0.25) is 10.0 Å². The van der Waals surface area contributed by atoms with E-state index in [9.17, 15) is 4.79 Å². The SMILES string of the molecule is CC(C)NCCCn1c(CCc2ccccc2)nc2cc(/C=C/C(=O)NO)ccc21. The first-order valence-electron chi connectivity index (χ1n) is 10.5. The molecule has 0 bridgehead atoms. The number of aromatic nitrogens is 2. The van der Waals surface area contributed by atoms with E-state index in [1.807, 2.05) is 18.2 Å². The molecular weight excluding hydrogens is 376 g/mol. The van der Waals surface area contributed by atoms with Crippen molar-refractivity contribution in [3.63, 3.8) is 0 Å². The van der Waals surface area contributed by atoms with Gasteiger partial charge in [0.15, 0.2) is 0 Å². The molecule has 30 heavy (non-hydrogen) atoms. The number of imidazole rings is 1. The van der Waals surface area contributed by atoms with Crippen LogP contribution in [-0.4, -0.2) is 33.3 Å². The Labute approximate surface area is 177 Å². The number of carbonyl (C=O) groups is 1. The molecule has 0 saturated heterocycles. The molecule has 0 aliphatic heterocycles. The number of benzene rings is 2. The smallest absolute Gasteiger partial charge is 0.267 e. The summed E-state index contributed by atoms with van der Waals surface area (Å²) in [5, 5.41) is 12.1. The summed E-state index contributed by atoms with van der Waals surface area (Å²) in [5.74, 6) is 0.523. The van der Waals surface area contributed by atoms with Gasteiger partial charge in [-0.15, -0.1) is 0 Å². The van der Waals surface area contributed by atoms with Crippen LogP contribution in [-0.2, 0) is 24.2 Å². The summed E-state index contributed by atoms with van der Waals surface area (Å²) < 4.78 is 2.31. The highest BCUT2D eigenvalue weighted by atomic mass is 16.5. The van der Waals surface area contributed by atoms with E-state index >= 15 is 0 Å². The molecule has 1 aromatic heterocycles. The second-order valence-corrected chi connectivity index (χ2v) is 7.69. The van der Waals surface area contributed by atoms with Gasteiger partial charge in [0, 0.05) is 25.1 Å². The summed E-state index contributed by atoms with van der Waals surface area (Å²) in [6, 6.07) is 16.9. The van der Waals surface area contributed by atoms with Crippen molar-refractivity contribution < 1.29 is 10.0 Å². The van der Waals surface area contributed by atoms with Gasteiger partial charge < -0.3 is 9.88 Å². The van der Waals surface area contributed by atoms with Gasteiger partial charge in [-0.05, 0) is 48.7 Å². The number of rotatable bonds is 10. The van der Waals surface area contributed by atoms with Crippen LogP contribution in [0.1, 0.15) is 37.2 Å². The average molecular weight is 407 g/mol. The number of amides is 1. The third kappa shape index (κ3) is 6.02. The van der Waals surface area contributed by atoms with Gasteiger partial charge in [0.2, 0.25) is 0 Å². The van der Waals surface area contributed by atoms with Crippen molar-refractivity contribution in [2.24, 2.45) is 0 Å². The van der Waals surface area contributed by atoms with Gasteiger partial charge in [-0.1, -0.05) is 50.2 Å². The lowest BCUT2D eigenvalue weighted by atomic mass is 10.1. The lowest BCUT2D eigenvalue weighted by molar-refractivity contribution is -0.124. The van der Waals surface area contributed by atoms with E-state index in [-0.39, 0.29) is 0 Å². The van der Waals surface area contributed by atoms with Crippen LogP contribution in [0.25, 0.3) is 17.1 Å². The van der Waals surface area contributed by atoms with Crippen molar-refractivity contribution in [2.45, 2.75) is 45.7 Å². The topological polar surface area (TPSA) is 79.2 Å². The molecule has 0 fully saturated rings. The number of hydrogen-bond acceptors (Lipinski definition) is 4. The van der Waals surface area contributed by atoms with Crippen molar-refractivity contribution >= 4 is 23.0 Å². The van der Waals surface area contributed by atoms with Crippen molar-refractivity contribution in [3.05, 3.63) is 71.6 Å². The van der Waals surface area contributed by atoms with E-state index in [0.717, 1.165) is 54.8 Å². The summed E-state index contributed by atoms with van der Waals surface area (Å²) in [7, 11) is 0. The maximum Gasteiger partial charge on any atom is 0.267 e. The van der Waals surface area contributed by atoms with Crippen LogP contribution in [0.5, 0.6) is 0 Å². The summed E-state index contributed by atoms with van der Waals surface area (Å²) in [6.45, 7) is 6.18. The van der Waals surface area contributed by atoms with Crippen molar-refractivity contribution in [3.8, 4) is 0 Å². The maximum atomic E-state index is 11.2. The summed E-state index contributed by atoms with van der Waals surface area (Å²) in [5.41, 5.74) is 5.79. The average Bonchev–Trinajstić information content (AvgIpc) is 3.10. The third-order valence-electron chi connectivity index (χ3n) is 4.98. The van der Waals surface area contributed by atoms with Crippen LogP contribution >= 0.6 is 0 Å². The minimum absolute atomic E-state index is 0.479. The Morgan fingerprint density at radius 3 is 2.70 bits per heavy atom. The van der Waals surface area contributed by atoms with Crippen molar-refractivity contribution in [1.29, 1.82) is 0 Å². The second-order valence-electron chi connectivity index (χ2n) is 7.69. The van der Waals surface area contributed by atoms with Crippen LogP contribution in [0.2, 0.25) is 0 Å². The highest BCUT2D eigenvalue weighted by molar-refractivity contribution is 5.91. The highest BCUT2D eigenvalue weighted by Crippen LogP contribution is 2.21. The number of nitrogens with one attached hydrogen (secondary N) is 2. The molecule has 6 nitrogen and oxygen atoms in total. The number of hydroxylamine groups is 1. The van der Waals surface area contributed by atoms with Gasteiger partial charge in [0.1, 0.15) is 5.82 Å². The largest absolute Gasteiger partial charge is 0.328 e. The number of fused-ring (bicyclic) bond motifs is 1. The number of hydrogen-bond donors (Lipinski definition) is 3. The Bertz CT molecular complexity index is 993. The molecule has 158 valence electrons. The lowest BCUT2D eigenvalue weighted by Gasteiger charge is -2.11. The maximum absolute atomic E-state index is 11.2. The highest BCUT2D eigenvalue weighted by Gasteiger charge is 2.11. The molecule has 3 aromatic rings. The van der Waals surface area contributed by atoms with E-state index in [2.05, 4.69) is 54.1 Å². The predicted molar refractivity (Wildman–Crippen MR) is 120 cm³/mol. The van der Waals surface area contributed by atoms with E-state index in [1.54, 1.807) is 11.6 Å². The number of carbonyl (C=O) groups excluding carboxylic acids is 1. The molecule has 3 rings (SSSR count). The summed E-state index contributed by atoms with van der Waals surface area (Å²) in [4.78, 5) is 16.2. The fraction of sp³-hybridized carbons (Fsp3) is 0.333. The van der Waals surface area contributed by atoms with E-state index < -0.39 is 5.91 Å². The Morgan fingerprint density at radius 1 is 1.17 bits per heavy atom. The molecule has 0 atom stereocenters. The van der Waals surface area contributed by atoms with Gasteiger partial charge in [0.05, 0.1) is 11.0 Å². The zero-order chi connectivity index (χ0) is 21.3. The molecule has 6 heteroatoms. The van der Waals surface area contributed by atoms with Gasteiger partial charge >= 0.3 is 0 Å². The molecule has 2 aromatic carbocycles. The molecule has 0 radical (unpaired) electrons. The van der Waals surface area contributed by atoms with Crippen LogP contribution in [0, 0.1) is 0 Å². The molecule has 0 aliphatic rings. The standard InChI is InChI=1S/C24H30N4O2/c1-18(2)25-15-6-16-28-22-12-9-20(11-14-24(29)27-30)17-21(22)26-23(28)13-10-19-7-4-3-5-8-19/h3-5,7-9,11-12,14,17-18,25,30H,6,10,13,15-16H2,1-2H3,(H,27,29)/b14-11+. The second kappa shape index (κ2) is 10.7. The first kappa shape index (κ1) is 21.7. The Hall–Kier alpha value is -2.96. The monoisotopic (exact) mass is 406 g/mol. The Balaban J connectivity index is 1.83. The van der Waals surface area contributed by atoms with Crippen LogP contribution < -0.4 is 10.8 Å². The van der Waals surface area contributed by atoms with Gasteiger partial charge in [0.25, 0.3) is 5.91 Å². The minimum atomic E-state index is -0.554. The molecule has 1 amide bonds. The zero-order valence-electron chi connectivity index (χ0n) is 17.6. The molecule has 0 aliphatic carbocycles. The molecule has 0 saturated carbocycles. The fourth-order valence-corrected chi connectivity index (χ4v) is 3.48. The Morgan fingerprint density at radius 2 is 1.97 bits per heavy atom. The lowest BCUT2D eigenvalue weighted by Crippen LogP contribution is -2.24.